The van der Waals surface area contributed by atoms with Crippen LogP contribution in [0, 0.1) is 5.92 Å². The van der Waals surface area contributed by atoms with Crippen LogP contribution in [0.4, 0.5) is 0 Å². The molecule has 0 bridgehead atoms. The maximum absolute atomic E-state index is 5.96. The largest absolute Gasteiger partial charge is 0.497 e. The first-order chi connectivity index (χ1) is 9.81. The van der Waals surface area contributed by atoms with Crippen LogP contribution < -0.4 is 14.8 Å². The molecule has 110 valence electrons. The molecule has 1 aliphatic carbocycles. The van der Waals surface area contributed by atoms with Gasteiger partial charge in [0.15, 0.2) is 0 Å². The van der Waals surface area contributed by atoms with Gasteiger partial charge in [0.2, 0.25) is 0 Å². The Kier molecular flexibility index (Phi) is 4.13. The standard InChI is InChI=1S/C16H23NO3/c1-18-13-5-6-14(15(9-13)19-2)16-11(7-8-20-16)10-17-12-3-4-12/h5-6,9,11-12,16-17H,3-4,7-8,10H2,1-2H3. The third kappa shape index (κ3) is 2.91. The molecule has 1 N–H and O–H groups in total. The Morgan fingerprint density at radius 3 is 2.75 bits per heavy atom. The van der Waals surface area contributed by atoms with Crippen molar-refractivity contribution in [2.45, 2.75) is 31.4 Å². The molecule has 1 saturated carbocycles. The molecule has 0 amide bonds. The molecule has 0 spiro atoms. The van der Waals surface area contributed by atoms with Crippen molar-refractivity contribution < 1.29 is 14.2 Å². The molecule has 2 aliphatic rings. The van der Waals surface area contributed by atoms with Gasteiger partial charge in [-0.25, -0.2) is 0 Å². The van der Waals surface area contributed by atoms with Gasteiger partial charge in [-0.05, 0) is 31.4 Å². The van der Waals surface area contributed by atoms with E-state index in [4.69, 9.17) is 14.2 Å². The van der Waals surface area contributed by atoms with E-state index in [9.17, 15) is 0 Å². The van der Waals surface area contributed by atoms with Crippen molar-refractivity contribution in [3.05, 3.63) is 23.8 Å². The minimum Gasteiger partial charge on any atom is -0.497 e. The summed E-state index contributed by atoms with van der Waals surface area (Å²) in [7, 11) is 3.37. The van der Waals surface area contributed by atoms with Crippen LogP contribution in [0.5, 0.6) is 11.5 Å². The molecule has 1 saturated heterocycles. The second kappa shape index (κ2) is 6.02. The highest BCUT2D eigenvalue weighted by Crippen LogP contribution is 2.40. The summed E-state index contributed by atoms with van der Waals surface area (Å²) in [6, 6.07) is 6.72. The molecule has 4 heteroatoms. The molecule has 4 nitrogen and oxygen atoms in total. The minimum atomic E-state index is 0.127. The number of methoxy groups -OCH3 is 2. The lowest BCUT2D eigenvalue weighted by Crippen LogP contribution is -2.26. The maximum atomic E-state index is 5.96. The molecule has 1 aliphatic heterocycles. The summed E-state index contributed by atoms with van der Waals surface area (Å²) in [5.41, 5.74) is 1.13. The normalized spacial score (nSPS) is 25.7. The minimum absolute atomic E-state index is 0.127. The van der Waals surface area contributed by atoms with Gasteiger partial charge in [-0.1, -0.05) is 0 Å². The molecule has 2 fully saturated rings. The lowest BCUT2D eigenvalue weighted by Gasteiger charge is -2.21. The second-order valence-electron chi connectivity index (χ2n) is 5.63. The van der Waals surface area contributed by atoms with Crippen molar-refractivity contribution in [3.8, 4) is 11.5 Å². The molecule has 3 rings (SSSR count). The van der Waals surface area contributed by atoms with Crippen LogP contribution in [0.15, 0.2) is 18.2 Å². The highest BCUT2D eigenvalue weighted by molar-refractivity contribution is 5.42. The highest BCUT2D eigenvalue weighted by Gasteiger charge is 2.33. The van der Waals surface area contributed by atoms with Crippen LogP contribution in [-0.4, -0.2) is 33.4 Å². The van der Waals surface area contributed by atoms with Gasteiger partial charge in [-0.2, -0.15) is 0 Å². The quantitative estimate of drug-likeness (QED) is 0.867. The fourth-order valence-electron chi connectivity index (χ4n) is 2.85. The van der Waals surface area contributed by atoms with Gasteiger partial charge < -0.3 is 19.5 Å². The first-order valence-corrected chi connectivity index (χ1v) is 7.38. The maximum Gasteiger partial charge on any atom is 0.128 e. The monoisotopic (exact) mass is 277 g/mol. The zero-order valence-corrected chi connectivity index (χ0v) is 12.2. The van der Waals surface area contributed by atoms with Gasteiger partial charge in [0.25, 0.3) is 0 Å². The molecule has 1 heterocycles. The van der Waals surface area contributed by atoms with Crippen LogP contribution in [0.3, 0.4) is 0 Å². The van der Waals surface area contributed by atoms with Gasteiger partial charge in [0, 0.05) is 36.7 Å². The molecular formula is C16H23NO3. The Hall–Kier alpha value is -1.26. The van der Waals surface area contributed by atoms with E-state index in [2.05, 4.69) is 11.4 Å². The van der Waals surface area contributed by atoms with E-state index < -0.39 is 0 Å². The van der Waals surface area contributed by atoms with E-state index in [0.717, 1.165) is 42.7 Å². The summed E-state index contributed by atoms with van der Waals surface area (Å²) in [4.78, 5) is 0. The molecular weight excluding hydrogens is 254 g/mol. The van der Waals surface area contributed by atoms with Crippen LogP contribution in [0.2, 0.25) is 0 Å². The zero-order valence-electron chi connectivity index (χ0n) is 12.2. The van der Waals surface area contributed by atoms with Crippen molar-refractivity contribution >= 4 is 0 Å². The molecule has 1 aromatic carbocycles. The number of hydrogen-bond donors (Lipinski definition) is 1. The predicted octanol–water partition coefficient (Wildman–Crippen LogP) is 2.53. The third-order valence-electron chi connectivity index (χ3n) is 4.21. The number of hydrogen-bond acceptors (Lipinski definition) is 4. The molecule has 2 unspecified atom stereocenters. The van der Waals surface area contributed by atoms with Crippen molar-refractivity contribution in [1.29, 1.82) is 0 Å². The Morgan fingerprint density at radius 1 is 1.20 bits per heavy atom. The molecule has 2 atom stereocenters. The van der Waals surface area contributed by atoms with Crippen LogP contribution >= 0.6 is 0 Å². The molecule has 0 radical (unpaired) electrons. The summed E-state index contributed by atoms with van der Waals surface area (Å²) in [6.45, 7) is 1.86. The SMILES string of the molecule is COc1ccc(C2OCCC2CNC2CC2)c(OC)c1. The van der Waals surface area contributed by atoms with Crippen molar-refractivity contribution in [1.82, 2.24) is 5.32 Å². The number of benzene rings is 1. The van der Waals surface area contributed by atoms with E-state index in [0.29, 0.717) is 5.92 Å². The summed E-state index contributed by atoms with van der Waals surface area (Å²) >= 11 is 0. The van der Waals surface area contributed by atoms with Crippen molar-refractivity contribution in [2.75, 3.05) is 27.4 Å². The average molecular weight is 277 g/mol. The van der Waals surface area contributed by atoms with Crippen molar-refractivity contribution in [3.63, 3.8) is 0 Å². The lowest BCUT2D eigenvalue weighted by molar-refractivity contribution is 0.0881. The van der Waals surface area contributed by atoms with E-state index in [1.807, 2.05) is 12.1 Å². The Balaban J connectivity index is 1.75. The van der Waals surface area contributed by atoms with Crippen LogP contribution in [0.1, 0.15) is 30.9 Å². The fourth-order valence-corrected chi connectivity index (χ4v) is 2.85. The van der Waals surface area contributed by atoms with Gasteiger partial charge >= 0.3 is 0 Å². The molecule has 1 aromatic rings. The number of nitrogens with one attached hydrogen (secondary N) is 1. The predicted molar refractivity (Wildman–Crippen MR) is 77.4 cm³/mol. The van der Waals surface area contributed by atoms with Crippen LogP contribution in [0.25, 0.3) is 0 Å². The van der Waals surface area contributed by atoms with Crippen LogP contribution in [-0.2, 0) is 4.74 Å². The van der Waals surface area contributed by atoms with E-state index in [-0.39, 0.29) is 6.10 Å². The van der Waals surface area contributed by atoms with E-state index >= 15 is 0 Å². The van der Waals surface area contributed by atoms with Gasteiger partial charge in [0.05, 0.1) is 20.3 Å². The first kappa shape index (κ1) is 13.7. The Bertz CT molecular complexity index is 459. The molecule has 0 aromatic heterocycles. The summed E-state index contributed by atoms with van der Waals surface area (Å²) < 4.78 is 16.7. The highest BCUT2D eigenvalue weighted by atomic mass is 16.5. The van der Waals surface area contributed by atoms with Crippen molar-refractivity contribution in [2.24, 2.45) is 5.92 Å². The van der Waals surface area contributed by atoms with E-state index in [1.165, 1.54) is 12.8 Å². The summed E-state index contributed by atoms with van der Waals surface area (Å²) in [6.07, 6.45) is 3.88. The van der Waals surface area contributed by atoms with Gasteiger partial charge in [0.1, 0.15) is 11.5 Å². The Labute approximate surface area is 120 Å². The third-order valence-corrected chi connectivity index (χ3v) is 4.21. The van der Waals surface area contributed by atoms with Gasteiger partial charge in [-0.15, -0.1) is 0 Å². The first-order valence-electron chi connectivity index (χ1n) is 7.38. The van der Waals surface area contributed by atoms with E-state index in [1.54, 1.807) is 14.2 Å². The lowest BCUT2D eigenvalue weighted by atomic mass is 9.94. The fraction of sp³-hybridized carbons (Fsp3) is 0.625. The van der Waals surface area contributed by atoms with Gasteiger partial charge in [-0.3, -0.25) is 0 Å². The smallest absolute Gasteiger partial charge is 0.128 e. The average Bonchev–Trinajstić information content (AvgIpc) is 3.21. The second-order valence-corrected chi connectivity index (χ2v) is 5.63. The Morgan fingerprint density at radius 2 is 2.05 bits per heavy atom. The number of ether oxygens (including phenoxy) is 3. The zero-order chi connectivity index (χ0) is 13.9. The summed E-state index contributed by atoms with van der Waals surface area (Å²) in [5, 5.41) is 3.61. The summed E-state index contributed by atoms with van der Waals surface area (Å²) in [5.74, 6) is 2.20. The number of rotatable bonds is 6. The molecule has 20 heavy (non-hydrogen) atoms. The topological polar surface area (TPSA) is 39.7 Å².